The Morgan fingerprint density at radius 2 is 2.27 bits per heavy atom. The van der Waals surface area contributed by atoms with Gasteiger partial charge in [-0.15, -0.1) is 0 Å². The van der Waals surface area contributed by atoms with Crippen molar-refractivity contribution in [3.8, 4) is 0 Å². The van der Waals surface area contributed by atoms with E-state index < -0.39 is 0 Å². The number of aromatic nitrogens is 1. The number of anilines is 1. The molecule has 3 nitrogen and oxygen atoms in total. The lowest BCUT2D eigenvalue weighted by Gasteiger charge is -2.21. The summed E-state index contributed by atoms with van der Waals surface area (Å²) in [5.41, 5.74) is 1.23. The first-order valence-electron chi connectivity index (χ1n) is 5.06. The number of likely N-dealkylation sites (N-methyl/N-ethyl adjacent to an activating group) is 1. The maximum absolute atomic E-state index is 9.75. The summed E-state index contributed by atoms with van der Waals surface area (Å²) in [7, 11) is 2.03. The number of aliphatic hydroxyl groups is 1. The number of hydrogen-bond donors (Lipinski definition) is 1. The fourth-order valence-electron chi connectivity index (χ4n) is 2.15. The monoisotopic (exact) mass is 221 g/mol. The Balaban J connectivity index is 2.27. The molecule has 1 N–H and O–H groups in total. The van der Waals surface area contributed by atoms with Crippen molar-refractivity contribution in [3.05, 3.63) is 24.3 Å². The Labute approximate surface area is 92.2 Å². The van der Waals surface area contributed by atoms with Gasteiger partial charge in [-0.3, -0.25) is 4.90 Å². The van der Waals surface area contributed by atoms with E-state index in [1.54, 1.807) is 11.3 Å². The molecule has 1 aliphatic rings. The van der Waals surface area contributed by atoms with Crippen LogP contribution in [-0.4, -0.2) is 24.8 Å². The molecule has 0 aliphatic carbocycles. The second kappa shape index (κ2) is 3.18. The van der Waals surface area contributed by atoms with Gasteiger partial charge < -0.3 is 5.11 Å². The predicted octanol–water partition coefficient (Wildman–Crippen LogP) is 0.999. The lowest BCUT2D eigenvalue weighted by molar-refractivity contribution is -0.667. The van der Waals surface area contributed by atoms with E-state index in [-0.39, 0.29) is 6.10 Å². The summed E-state index contributed by atoms with van der Waals surface area (Å²) in [4.78, 5) is 2.12. The van der Waals surface area contributed by atoms with E-state index in [1.807, 2.05) is 13.1 Å². The van der Waals surface area contributed by atoms with Crippen LogP contribution in [0.4, 0.5) is 5.13 Å². The normalized spacial score (nSPS) is 20.7. The fraction of sp³-hybridized carbons (Fsp3) is 0.364. The van der Waals surface area contributed by atoms with Crippen molar-refractivity contribution in [2.75, 3.05) is 18.5 Å². The average Bonchev–Trinajstić information content (AvgIpc) is 2.57. The van der Waals surface area contributed by atoms with E-state index >= 15 is 0 Å². The molecule has 78 valence electrons. The highest BCUT2D eigenvalue weighted by Gasteiger charge is 2.31. The number of para-hydroxylation sites is 1. The summed E-state index contributed by atoms with van der Waals surface area (Å²) in [6, 6.07) is 8.34. The number of nitrogens with zero attached hydrogens (tertiary/aromatic N) is 2. The third-order valence-corrected chi connectivity index (χ3v) is 4.07. The van der Waals surface area contributed by atoms with Gasteiger partial charge in [0.05, 0.1) is 11.7 Å². The number of rotatable bonds is 0. The molecule has 0 bridgehead atoms. The Kier molecular flexibility index (Phi) is 1.94. The standard InChI is InChI=1S/C11H13N2OS/c1-12-6-8(14)7-13-9-4-2-3-5-10(9)15-11(12)13/h2-5,8,14H,6-7H2,1H3/q+1/t8-/m0/s1. The van der Waals surface area contributed by atoms with E-state index in [0.717, 1.165) is 6.54 Å². The molecule has 0 radical (unpaired) electrons. The van der Waals surface area contributed by atoms with E-state index in [4.69, 9.17) is 0 Å². The first-order chi connectivity index (χ1) is 7.25. The molecule has 0 saturated carbocycles. The van der Waals surface area contributed by atoms with Crippen molar-refractivity contribution in [1.82, 2.24) is 0 Å². The first kappa shape index (κ1) is 9.12. The lowest BCUT2D eigenvalue weighted by atomic mass is 10.2. The quantitative estimate of drug-likeness (QED) is 0.672. The van der Waals surface area contributed by atoms with Crippen LogP contribution in [0.2, 0.25) is 0 Å². The van der Waals surface area contributed by atoms with Gasteiger partial charge in [0, 0.05) is 0 Å². The summed E-state index contributed by atoms with van der Waals surface area (Å²) >= 11 is 1.79. The molecule has 0 amide bonds. The summed E-state index contributed by atoms with van der Waals surface area (Å²) in [6.45, 7) is 1.44. The van der Waals surface area contributed by atoms with Crippen LogP contribution in [0, 0.1) is 0 Å². The molecular formula is C11H13N2OS+. The third kappa shape index (κ3) is 1.33. The van der Waals surface area contributed by atoms with Gasteiger partial charge >= 0.3 is 5.13 Å². The van der Waals surface area contributed by atoms with Gasteiger partial charge in [-0.1, -0.05) is 12.1 Å². The van der Waals surface area contributed by atoms with E-state index in [9.17, 15) is 5.11 Å². The van der Waals surface area contributed by atoms with Gasteiger partial charge in [0.25, 0.3) is 0 Å². The number of fused-ring (bicyclic) bond motifs is 3. The maximum Gasteiger partial charge on any atom is 0.336 e. The Hall–Kier alpha value is -1.13. The second-order valence-electron chi connectivity index (χ2n) is 4.00. The summed E-state index contributed by atoms with van der Waals surface area (Å²) in [5, 5.41) is 11.0. The van der Waals surface area contributed by atoms with Crippen molar-refractivity contribution in [3.63, 3.8) is 0 Å². The van der Waals surface area contributed by atoms with Gasteiger partial charge in [-0.25, -0.2) is 4.57 Å². The van der Waals surface area contributed by atoms with E-state index in [2.05, 4.69) is 27.7 Å². The molecule has 4 heteroatoms. The van der Waals surface area contributed by atoms with Gasteiger partial charge in [-0.05, 0) is 23.5 Å². The summed E-state index contributed by atoms with van der Waals surface area (Å²) in [6.07, 6.45) is -0.259. The van der Waals surface area contributed by atoms with Crippen LogP contribution in [0.15, 0.2) is 24.3 Å². The van der Waals surface area contributed by atoms with Crippen LogP contribution in [0.25, 0.3) is 10.2 Å². The maximum atomic E-state index is 9.75. The number of hydrogen-bond acceptors (Lipinski definition) is 3. The average molecular weight is 221 g/mol. The fourth-order valence-corrected chi connectivity index (χ4v) is 3.29. The van der Waals surface area contributed by atoms with Crippen LogP contribution in [-0.2, 0) is 6.54 Å². The molecule has 1 aliphatic heterocycles. The zero-order valence-corrected chi connectivity index (χ0v) is 9.37. The van der Waals surface area contributed by atoms with E-state index in [1.165, 1.54) is 15.3 Å². The Morgan fingerprint density at radius 3 is 3.13 bits per heavy atom. The summed E-state index contributed by atoms with van der Waals surface area (Å²) in [5.74, 6) is 0. The summed E-state index contributed by atoms with van der Waals surface area (Å²) < 4.78 is 3.49. The van der Waals surface area contributed by atoms with Crippen molar-refractivity contribution < 1.29 is 9.67 Å². The zero-order chi connectivity index (χ0) is 10.4. The molecule has 1 aromatic heterocycles. The molecule has 1 atom stereocenters. The minimum atomic E-state index is -0.259. The molecule has 2 aromatic rings. The van der Waals surface area contributed by atoms with Crippen molar-refractivity contribution in [2.45, 2.75) is 12.6 Å². The SMILES string of the molecule is CN1C[C@H](O)C[n+]2c1sc1ccccc12. The number of aliphatic hydroxyl groups excluding tert-OH is 1. The van der Waals surface area contributed by atoms with Crippen molar-refractivity contribution in [1.29, 1.82) is 0 Å². The van der Waals surface area contributed by atoms with Crippen LogP contribution in [0.1, 0.15) is 0 Å². The Morgan fingerprint density at radius 1 is 1.47 bits per heavy atom. The topological polar surface area (TPSA) is 27.3 Å². The second-order valence-corrected chi connectivity index (χ2v) is 5.01. The lowest BCUT2D eigenvalue weighted by Crippen LogP contribution is -2.52. The molecule has 15 heavy (non-hydrogen) atoms. The highest BCUT2D eigenvalue weighted by Crippen LogP contribution is 2.28. The van der Waals surface area contributed by atoms with Gasteiger partial charge in [0.15, 0.2) is 0 Å². The van der Waals surface area contributed by atoms with Crippen LogP contribution in [0.3, 0.4) is 0 Å². The van der Waals surface area contributed by atoms with Crippen molar-refractivity contribution >= 4 is 26.7 Å². The molecule has 0 spiro atoms. The number of β-amino-alcohol motifs (C(OH)–C–C–N with tert-alkyl or cyclic N) is 1. The molecule has 1 aromatic carbocycles. The zero-order valence-electron chi connectivity index (χ0n) is 8.55. The van der Waals surface area contributed by atoms with Gasteiger partial charge in [0.2, 0.25) is 0 Å². The van der Waals surface area contributed by atoms with Gasteiger partial charge in [-0.2, -0.15) is 0 Å². The molecular weight excluding hydrogens is 208 g/mol. The van der Waals surface area contributed by atoms with Crippen LogP contribution < -0.4 is 9.47 Å². The number of benzene rings is 1. The molecule has 2 heterocycles. The van der Waals surface area contributed by atoms with Gasteiger partial charge in [0.1, 0.15) is 24.7 Å². The first-order valence-corrected chi connectivity index (χ1v) is 5.88. The molecule has 0 fully saturated rings. The molecule has 0 unspecified atom stereocenters. The highest BCUT2D eigenvalue weighted by molar-refractivity contribution is 7.21. The predicted molar refractivity (Wildman–Crippen MR) is 61.3 cm³/mol. The minimum Gasteiger partial charge on any atom is -0.385 e. The minimum absolute atomic E-state index is 0.259. The smallest absolute Gasteiger partial charge is 0.336 e. The highest BCUT2D eigenvalue weighted by atomic mass is 32.1. The Bertz CT molecular complexity index is 508. The largest absolute Gasteiger partial charge is 0.385 e. The number of thiazole rings is 1. The third-order valence-electron chi connectivity index (χ3n) is 2.79. The van der Waals surface area contributed by atoms with Crippen molar-refractivity contribution in [2.24, 2.45) is 0 Å². The van der Waals surface area contributed by atoms with Crippen LogP contribution in [0.5, 0.6) is 0 Å². The molecule has 3 rings (SSSR count). The van der Waals surface area contributed by atoms with E-state index in [0.29, 0.717) is 6.54 Å². The molecule has 0 saturated heterocycles. The van der Waals surface area contributed by atoms with Crippen LogP contribution >= 0.6 is 11.3 Å².